The van der Waals surface area contributed by atoms with Crippen LogP contribution in [-0.2, 0) is 0 Å². The Bertz CT molecular complexity index is 415. The molecule has 0 radical (unpaired) electrons. The number of carbonyl (C=O) groups excluding carboxylic acids is 1. The van der Waals surface area contributed by atoms with Gasteiger partial charge in [0.1, 0.15) is 5.82 Å². The van der Waals surface area contributed by atoms with Gasteiger partial charge in [-0.25, -0.2) is 13.8 Å². The Labute approximate surface area is 103 Å². The molecule has 0 bridgehead atoms. The lowest BCUT2D eigenvalue weighted by molar-refractivity contribution is 0.0620. The van der Waals surface area contributed by atoms with Gasteiger partial charge in [-0.3, -0.25) is 4.79 Å². The van der Waals surface area contributed by atoms with Crippen molar-refractivity contribution < 1.29 is 13.6 Å². The summed E-state index contributed by atoms with van der Waals surface area (Å²) in [5.41, 5.74) is 0.147. The van der Waals surface area contributed by atoms with E-state index in [1.165, 1.54) is 19.3 Å². The van der Waals surface area contributed by atoms with Crippen molar-refractivity contribution in [1.29, 1.82) is 0 Å². The van der Waals surface area contributed by atoms with Crippen molar-refractivity contribution in [3.63, 3.8) is 0 Å². The van der Waals surface area contributed by atoms with Crippen molar-refractivity contribution in [2.75, 3.05) is 26.0 Å². The standard InChI is InChI=1S/C10H12ClF2N3O/c1-14-9-3-6(7(11)4-15-9)10(17)16(2)5-8(12)13/h3-4,8H,5H2,1-2H3,(H,14,15). The van der Waals surface area contributed by atoms with E-state index in [0.29, 0.717) is 5.82 Å². The van der Waals surface area contributed by atoms with E-state index in [0.717, 1.165) is 4.90 Å². The van der Waals surface area contributed by atoms with Gasteiger partial charge in [-0.15, -0.1) is 0 Å². The lowest BCUT2D eigenvalue weighted by atomic mass is 10.2. The van der Waals surface area contributed by atoms with Crippen LogP contribution in [0.1, 0.15) is 10.4 Å². The number of aromatic nitrogens is 1. The van der Waals surface area contributed by atoms with E-state index in [-0.39, 0.29) is 10.6 Å². The average Bonchev–Trinajstić information content (AvgIpc) is 2.28. The largest absolute Gasteiger partial charge is 0.373 e. The van der Waals surface area contributed by atoms with Gasteiger partial charge in [0.2, 0.25) is 0 Å². The second kappa shape index (κ2) is 5.77. The second-order valence-corrected chi connectivity index (χ2v) is 3.78. The fourth-order valence-electron chi connectivity index (χ4n) is 1.23. The molecule has 0 aliphatic heterocycles. The predicted octanol–water partition coefficient (Wildman–Crippen LogP) is 2.11. The number of anilines is 1. The molecule has 1 rings (SSSR count). The summed E-state index contributed by atoms with van der Waals surface area (Å²) in [6.45, 7) is -0.633. The number of pyridine rings is 1. The normalized spacial score (nSPS) is 10.5. The van der Waals surface area contributed by atoms with Crippen LogP contribution in [0.3, 0.4) is 0 Å². The summed E-state index contributed by atoms with van der Waals surface area (Å²) in [6.07, 6.45) is -1.27. The van der Waals surface area contributed by atoms with E-state index in [9.17, 15) is 13.6 Å². The zero-order chi connectivity index (χ0) is 13.0. The number of carbonyl (C=O) groups is 1. The molecule has 1 heterocycles. The van der Waals surface area contributed by atoms with Crippen LogP contribution in [0.2, 0.25) is 5.02 Å². The van der Waals surface area contributed by atoms with Gasteiger partial charge in [-0.2, -0.15) is 0 Å². The summed E-state index contributed by atoms with van der Waals surface area (Å²) in [6, 6.07) is 1.42. The number of alkyl halides is 2. The average molecular weight is 264 g/mol. The van der Waals surface area contributed by atoms with E-state index < -0.39 is 18.9 Å². The van der Waals surface area contributed by atoms with Crippen LogP contribution in [0.4, 0.5) is 14.6 Å². The highest BCUT2D eigenvalue weighted by atomic mass is 35.5. The van der Waals surface area contributed by atoms with Gasteiger partial charge in [0, 0.05) is 20.3 Å². The van der Waals surface area contributed by atoms with Gasteiger partial charge in [-0.1, -0.05) is 11.6 Å². The minimum Gasteiger partial charge on any atom is -0.373 e. The molecule has 0 saturated carbocycles. The summed E-state index contributed by atoms with van der Waals surface area (Å²) in [4.78, 5) is 16.6. The molecular formula is C10H12ClF2N3O. The molecule has 0 atom stereocenters. The number of amides is 1. The summed E-state index contributed by atoms with van der Waals surface area (Å²) >= 11 is 5.80. The van der Waals surface area contributed by atoms with Gasteiger partial charge < -0.3 is 10.2 Å². The van der Waals surface area contributed by atoms with Gasteiger partial charge in [0.05, 0.1) is 17.1 Å². The quantitative estimate of drug-likeness (QED) is 0.905. The highest BCUT2D eigenvalue weighted by Crippen LogP contribution is 2.19. The van der Waals surface area contributed by atoms with Crippen molar-refractivity contribution >= 4 is 23.3 Å². The molecule has 1 amide bonds. The zero-order valence-corrected chi connectivity index (χ0v) is 10.1. The Morgan fingerprint density at radius 1 is 1.65 bits per heavy atom. The first kappa shape index (κ1) is 13.6. The van der Waals surface area contributed by atoms with Crippen molar-refractivity contribution in [1.82, 2.24) is 9.88 Å². The minimum absolute atomic E-state index is 0.134. The Morgan fingerprint density at radius 3 is 2.82 bits per heavy atom. The second-order valence-electron chi connectivity index (χ2n) is 3.38. The molecule has 0 aliphatic carbocycles. The van der Waals surface area contributed by atoms with Crippen LogP contribution in [-0.4, -0.2) is 42.9 Å². The lowest BCUT2D eigenvalue weighted by Crippen LogP contribution is -2.31. The molecule has 1 aromatic rings. The third kappa shape index (κ3) is 3.52. The monoisotopic (exact) mass is 263 g/mol. The number of rotatable bonds is 4. The number of nitrogens with zero attached hydrogens (tertiary/aromatic N) is 2. The number of hydrogen-bond acceptors (Lipinski definition) is 3. The molecule has 17 heavy (non-hydrogen) atoms. The molecule has 94 valence electrons. The van der Waals surface area contributed by atoms with Gasteiger partial charge in [0.15, 0.2) is 0 Å². The molecule has 4 nitrogen and oxygen atoms in total. The van der Waals surface area contributed by atoms with Crippen LogP contribution in [0.25, 0.3) is 0 Å². The molecule has 0 unspecified atom stereocenters. The smallest absolute Gasteiger partial charge is 0.255 e. The van der Waals surface area contributed by atoms with Crippen molar-refractivity contribution in [2.24, 2.45) is 0 Å². The molecule has 0 saturated heterocycles. The van der Waals surface area contributed by atoms with Gasteiger partial charge >= 0.3 is 0 Å². The van der Waals surface area contributed by atoms with Crippen molar-refractivity contribution in [3.8, 4) is 0 Å². The first-order valence-corrected chi connectivity index (χ1v) is 5.20. The van der Waals surface area contributed by atoms with Gasteiger partial charge in [0.25, 0.3) is 12.3 Å². The highest BCUT2D eigenvalue weighted by molar-refractivity contribution is 6.33. The Kier molecular flexibility index (Phi) is 4.62. The lowest BCUT2D eigenvalue weighted by Gasteiger charge is -2.17. The molecule has 7 heteroatoms. The van der Waals surface area contributed by atoms with E-state index in [1.54, 1.807) is 7.05 Å². The van der Waals surface area contributed by atoms with Crippen molar-refractivity contribution in [3.05, 3.63) is 22.8 Å². The summed E-state index contributed by atoms with van der Waals surface area (Å²) in [7, 11) is 2.93. The minimum atomic E-state index is -2.58. The summed E-state index contributed by atoms with van der Waals surface area (Å²) in [5, 5.41) is 2.87. The maximum Gasteiger partial charge on any atom is 0.255 e. The van der Waals surface area contributed by atoms with Crippen LogP contribution >= 0.6 is 11.6 Å². The number of halogens is 3. The van der Waals surface area contributed by atoms with E-state index in [1.807, 2.05) is 0 Å². The Morgan fingerprint density at radius 2 is 2.29 bits per heavy atom. The third-order valence-corrected chi connectivity index (χ3v) is 2.40. The van der Waals surface area contributed by atoms with E-state index in [4.69, 9.17) is 11.6 Å². The van der Waals surface area contributed by atoms with E-state index >= 15 is 0 Å². The zero-order valence-electron chi connectivity index (χ0n) is 9.38. The van der Waals surface area contributed by atoms with Crippen LogP contribution in [0, 0.1) is 0 Å². The van der Waals surface area contributed by atoms with Crippen LogP contribution < -0.4 is 5.32 Å². The maximum absolute atomic E-state index is 12.2. The molecule has 1 N–H and O–H groups in total. The highest BCUT2D eigenvalue weighted by Gasteiger charge is 2.19. The van der Waals surface area contributed by atoms with Crippen molar-refractivity contribution in [2.45, 2.75) is 6.43 Å². The van der Waals surface area contributed by atoms with Crippen LogP contribution in [0.15, 0.2) is 12.3 Å². The Hall–Kier alpha value is -1.43. The third-order valence-electron chi connectivity index (χ3n) is 2.10. The summed E-state index contributed by atoms with van der Waals surface area (Å²) < 4.78 is 24.3. The van der Waals surface area contributed by atoms with E-state index in [2.05, 4.69) is 10.3 Å². The Balaban J connectivity index is 2.94. The van der Waals surface area contributed by atoms with Gasteiger partial charge in [-0.05, 0) is 6.07 Å². The molecule has 0 spiro atoms. The fraction of sp³-hybridized carbons (Fsp3) is 0.400. The number of hydrogen-bond donors (Lipinski definition) is 1. The topological polar surface area (TPSA) is 45.2 Å². The van der Waals surface area contributed by atoms with Crippen LogP contribution in [0.5, 0.6) is 0 Å². The summed E-state index contributed by atoms with van der Waals surface area (Å²) in [5.74, 6) is -0.114. The number of nitrogens with one attached hydrogen (secondary N) is 1. The fourth-order valence-corrected chi connectivity index (χ4v) is 1.42. The predicted molar refractivity (Wildman–Crippen MR) is 61.8 cm³/mol. The molecule has 0 fully saturated rings. The first-order valence-electron chi connectivity index (χ1n) is 4.82. The first-order chi connectivity index (χ1) is 7.95. The SMILES string of the molecule is CNc1cc(C(=O)N(C)CC(F)F)c(Cl)cn1. The molecule has 0 aromatic carbocycles. The maximum atomic E-state index is 12.2. The molecule has 0 aliphatic rings. The molecule has 1 aromatic heterocycles. The molecular weight excluding hydrogens is 252 g/mol.